The van der Waals surface area contributed by atoms with E-state index in [0.29, 0.717) is 31.3 Å². The number of methoxy groups -OCH3 is 2. The Kier molecular flexibility index (Phi) is 21.0. The number of carbonyl (C=O) groups is 8. The molecule has 21 nitrogen and oxygen atoms in total. The van der Waals surface area contributed by atoms with Crippen molar-refractivity contribution in [2.45, 2.75) is 209 Å². The van der Waals surface area contributed by atoms with Crippen molar-refractivity contribution in [2.24, 2.45) is 62.9 Å². The number of hydrogen-bond donors (Lipinski definition) is 7. The Labute approximate surface area is 456 Å². The van der Waals surface area contributed by atoms with Gasteiger partial charge in [0.05, 0.1) is 20.3 Å². The van der Waals surface area contributed by atoms with Gasteiger partial charge in [-0.05, 0) is 106 Å². The van der Waals surface area contributed by atoms with E-state index in [1.54, 1.807) is 46.4 Å². The maximum absolute atomic E-state index is 13.9. The summed E-state index contributed by atoms with van der Waals surface area (Å²) in [6.45, 7) is 30.6. The highest BCUT2D eigenvalue weighted by atomic mass is 35.5. The standard InChI is InChI=1S/C27H45N3O7.C19H32N2O5.C8H15NO3.ClH/c1-25(2,3)20(29-24(35)37-26(4,5)6)22(33)30-13-15-17(27(15,7)8)18(30)21(32)28-16(12-14-10-11-14)19(31)23(34)36-9;1-17(2,3)13(20-16(25)26-18(4,5)6)14(22)21-9-10-11(19(10,7)8)12(21)15(23)24;1-12-8(11)7(10)6(9)4-5-2-3-5;/h14-20,31H,10-13H2,1-9H3,(H,28,32)(H,29,35);10-13H,9H2,1-8H3,(H,20,25)(H,23,24);5-7,10H,2-4,9H2,1H3;1H/t15-,16?,17-,18-,19?,20+;10-,11-,12-,13+;;/m00../s1. The second-order valence-corrected chi connectivity index (χ2v) is 27.1. The molecular formula is C54H93ClN6O15. The number of esters is 2. The van der Waals surface area contributed by atoms with Crippen LogP contribution in [0.2, 0.25) is 0 Å². The molecule has 12 atom stereocenters. The van der Waals surface area contributed by atoms with Gasteiger partial charge in [-0.1, -0.05) is 94.9 Å². The van der Waals surface area contributed by atoms with Crippen LogP contribution < -0.4 is 21.7 Å². The van der Waals surface area contributed by atoms with Crippen LogP contribution in [0.15, 0.2) is 0 Å². The van der Waals surface area contributed by atoms with Crippen LogP contribution in [0.3, 0.4) is 0 Å². The number of nitrogens with zero attached hydrogens (tertiary/aromatic N) is 2. The Morgan fingerprint density at radius 3 is 1.29 bits per heavy atom. The topological polar surface area (TPSA) is 303 Å². The van der Waals surface area contributed by atoms with Gasteiger partial charge in [-0.25, -0.2) is 24.0 Å². The maximum Gasteiger partial charge on any atom is 0.408 e. The summed E-state index contributed by atoms with van der Waals surface area (Å²) in [7, 11) is 2.44. The summed E-state index contributed by atoms with van der Waals surface area (Å²) in [5.74, 6) is -2.36. The van der Waals surface area contributed by atoms with Crippen molar-refractivity contribution in [3.8, 4) is 0 Å². The number of halogens is 1. The van der Waals surface area contributed by atoms with E-state index in [4.69, 9.17) is 19.9 Å². The van der Waals surface area contributed by atoms with Crippen LogP contribution in [0.25, 0.3) is 0 Å². The van der Waals surface area contributed by atoms with E-state index in [0.717, 1.165) is 19.3 Å². The third kappa shape index (κ3) is 16.8. The quantitative estimate of drug-likeness (QED) is 0.0857. The molecule has 6 rings (SSSR count). The highest BCUT2D eigenvalue weighted by Crippen LogP contribution is 2.66. The molecule has 8 N–H and O–H groups in total. The smallest absolute Gasteiger partial charge is 0.408 e. The Morgan fingerprint density at radius 1 is 0.592 bits per heavy atom. The number of likely N-dealkylation sites (tertiary alicyclic amines) is 2. The first-order chi connectivity index (χ1) is 34.1. The van der Waals surface area contributed by atoms with Gasteiger partial charge in [-0.2, -0.15) is 0 Å². The molecular weight excluding hydrogens is 1010 g/mol. The lowest BCUT2D eigenvalue weighted by Gasteiger charge is -2.38. The number of carboxylic acids is 1. The van der Waals surface area contributed by atoms with Crippen molar-refractivity contribution in [3.63, 3.8) is 0 Å². The molecule has 436 valence electrons. The van der Waals surface area contributed by atoms with E-state index in [1.165, 1.54) is 32.0 Å². The summed E-state index contributed by atoms with van der Waals surface area (Å²) in [5.41, 5.74) is 2.76. The second-order valence-electron chi connectivity index (χ2n) is 27.1. The predicted octanol–water partition coefficient (Wildman–Crippen LogP) is 4.79. The number of nitrogens with one attached hydrogen (secondary N) is 3. The summed E-state index contributed by atoms with van der Waals surface area (Å²) >= 11 is 0. The first-order valence-corrected chi connectivity index (χ1v) is 26.5. The second kappa shape index (κ2) is 24.3. The van der Waals surface area contributed by atoms with Crippen LogP contribution >= 0.6 is 12.4 Å². The Hall–Kier alpha value is -4.47. The van der Waals surface area contributed by atoms with Crippen molar-refractivity contribution in [3.05, 3.63) is 0 Å². The average molecular weight is 1100 g/mol. The molecule has 4 saturated carbocycles. The molecule has 2 heterocycles. The number of alkyl carbamates (subject to hydrolysis) is 2. The molecule has 0 aromatic rings. The molecule has 4 unspecified atom stereocenters. The van der Waals surface area contributed by atoms with Crippen molar-refractivity contribution in [1.29, 1.82) is 0 Å². The monoisotopic (exact) mass is 1100 g/mol. The summed E-state index contributed by atoms with van der Waals surface area (Å²) in [6.07, 6.45) is 1.46. The van der Waals surface area contributed by atoms with Gasteiger partial charge in [-0.3, -0.25) is 14.4 Å². The Morgan fingerprint density at radius 2 is 0.947 bits per heavy atom. The largest absolute Gasteiger partial charge is 0.480 e. The molecule has 2 saturated heterocycles. The fourth-order valence-corrected chi connectivity index (χ4v) is 10.8. The van der Waals surface area contributed by atoms with Crippen molar-refractivity contribution >= 4 is 60.2 Å². The van der Waals surface area contributed by atoms with Crippen molar-refractivity contribution < 1.29 is 72.6 Å². The number of piperidine rings is 2. The summed E-state index contributed by atoms with van der Waals surface area (Å²) in [5, 5.41) is 37.8. The van der Waals surface area contributed by atoms with Gasteiger partial charge in [-0.15, -0.1) is 12.4 Å². The SMILES string of the molecule is CC(C)(C)OC(=O)N[C@H](C(=O)N1C[C@H]2[C@@H]([C@H]1C(=O)O)C2(C)C)C(C)(C)C.COC(=O)C(O)C(CC1CC1)NC(=O)[C@@H]1[C@@H]2[C@H](CN1C(=O)[C@@H](NC(=O)OC(C)(C)C)C(C)(C)C)C2(C)C.COC(=O)C(O)C(N)CC1CC1.Cl. The number of ether oxygens (including phenoxy) is 4. The number of carboxylic acid groups (broad SMARTS) is 1. The molecule has 5 amide bonds. The van der Waals surface area contributed by atoms with Gasteiger partial charge in [0, 0.05) is 25.0 Å². The number of carbonyl (C=O) groups excluding carboxylic acids is 7. The fourth-order valence-electron chi connectivity index (χ4n) is 10.8. The Bertz CT molecular complexity index is 2120. The lowest BCUT2D eigenvalue weighted by molar-refractivity contribution is -0.153. The zero-order chi connectivity index (χ0) is 57.5. The molecule has 0 aromatic heterocycles. The molecule has 4 aliphatic carbocycles. The summed E-state index contributed by atoms with van der Waals surface area (Å²) < 4.78 is 19.7. The maximum atomic E-state index is 13.9. The van der Waals surface area contributed by atoms with Crippen LogP contribution in [0.5, 0.6) is 0 Å². The molecule has 0 bridgehead atoms. The highest BCUT2D eigenvalue weighted by molar-refractivity contribution is 5.94. The van der Waals surface area contributed by atoms with Crippen LogP contribution in [0.1, 0.15) is 149 Å². The van der Waals surface area contributed by atoms with Gasteiger partial charge in [0.15, 0.2) is 12.2 Å². The van der Waals surface area contributed by atoms with E-state index < -0.39 is 106 Å². The molecule has 6 aliphatic rings. The Balaban J connectivity index is 0.000000337. The normalized spacial score (nSPS) is 26.1. The predicted molar refractivity (Wildman–Crippen MR) is 283 cm³/mol. The van der Waals surface area contributed by atoms with E-state index >= 15 is 0 Å². The van der Waals surface area contributed by atoms with Crippen LogP contribution in [0.4, 0.5) is 9.59 Å². The van der Waals surface area contributed by atoms with Gasteiger partial charge < -0.3 is 65.8 Å². The zero-order valence-corrected chi connectivity index (χ0v) is 49.2. The number of rotatable bonds is 15. The van der Waals surface area contributed by atoms with E-state index in [9.17, 15) is 53.7 Å². The summed E-state index contributed by atoms with van der Waals surface area (Å²) in [6, 6.07) is -4.66. The van der Waals surface area contributed by atoms with Gasteiger partial charge in [0.1, 0.15) is 35.4 Å². The minimum atomic E-state index is -1.49. The zero-order valence-electron chi connectivity index (χ0n) is 48.4. The first kappa shape index (κ1) is 65.8. The van der Waals surface area contributed by atoms with Crippen molar-refractivity contribution in [2.75, 3.05) is 27.3 Å². The minimum Gasteiger partial charge on any atom is -0.480 e. The molecule has 76 heavy (non-hydrogen) atoms. The highest BCUT2D eigenvalue weighted by Gasteiger charge is 2.71. The van der Waals surface area contributed by atoms with Gasteiger partial charge in [0.2, 0.25) is 17.7 Å². The third-order valence-corrected chi connectivity index (χ3v) is 15.6. The number of aliphatic hydroxyl groups is 2. The molecule has 6 fully saturated rings. The van der Waals surface area contributed by atoms with Crippen LogP contribution in [-0.2, 0) is 47.7 Å². The summed E-state index contributed by atoms with van der Waals surface area (Å²) in [4.78, 5) is 103. The van der Waals surface area contributed by atoms with Crippen LogP contribution in [0, 0.1) is 57.2 Å². The van der Waals surface area contributed by atoms with E-state index in [1.807, 2.05) is 55.4 Å². The van der Waals surface area contributed by atoms with E-state index in [-0.39, 0.29) is 58.7 Å². The lowest BCUT2D eigenvalue weighted by Crippen LogP contribution is -2.61. The number of amides is 5. The number of nitrogens with two attached hydrogens (primary N) is 1. The number of hydrogen-bond acceptors (Lipinski definition) is 15. The number of aliphatic carboxylic acids is 1. The molecule has 0 radical (unpaired) electrons. The van der Waals surface area contributed by atoms with Gasteiger partial charge >= 0.3 is 30.1 Å². The lowest BCUT2D eigenvalue weighted by atomic mass is 9.85. The molecule has 2 aliphatic heterocycles. The third-order valence-electron chi connectivity index (χ3n) is 15.6. The number of fused-ring (bicyclic) bond motifs is 2. The molecule has 0 aromatic carbocycles. The molecule has 22 heteroatoms. The van der Waals surface area contributed by atoms with Gasteiger partial charge in [0.25, 0.3) is 0 Å². The van der Waals surface area contributed by atoms with Crippen LogP contribution in [-0.4, -0.2) is 160 Å². The number of aliphatic hydroxyl groups excluding tert-OH is 2. The minimum absolute atomic E-state index is 0. The fraction of sp³-hybridized carbons (Fsp3) is 0.852. The average Bonchev–Trinajstić information content (AvgIpc) is 4.25. The first-order valence-electron chi connectivity index (χ1n) is 26.5. The van der Waals surface area contributed by atoms with E-state index in [2.05, 4.69) is 34.5 Å². The molecule has 0 spiro atoms. The van der Waals surface area contributed by atoms with Crippen molar-refractivity contribution in [1.82, 2.24) is 25.8 Å².